The SMILES string of the molecule is COc1ccc(CCC2CN(OC(=O)C(F)(F)F)C2)c(C(F)(F)F)c1. The Bertz CT molecular complexity index is 623. The molecule has 2 rings (SSSR count). The Balaban J connectivity index is 1.88. The molecule has 0 saturated carbocycles. The number of carbonyl (C=O) groups is 1. The summed E-state index contributed by atoms with van der Waals surface area (Å²) in [6.07, 6.45) is -9.17. The van der Waals surface area contributed by atoms with Crippen LogP contribution in [0.15, 0.2) is 18.2 Å². The lowest BCUT2D eigenvalue weighted by Crippen LogP contribution is -2.49. The van der Waals surface area contributed by atoms with Crippen LogP contribution in [-0.4, -0.2) is 37.4 Å². The highest BCUT2D eigenvalue weighted by atomic mass is 19.4. The van der Waals surface area contributed by atoms with E-state index in [1.54, 1.807) is 0 Å². The van der Waals surface area contributed by atoms with E-state index < -0.39 is 23.9 Å². The molecule has 25 heavy (non-hydrogen) atoms. The minimum atomic E-state index is -5.07. The van der Waals surface area contributed by atoms with E-state index in [9.17, 15) is 31.1 Å². The van der Waals surface area contributed by atoms with Crippen LogP contribution in [0.1, 0.15) is 17.5 Å². The van der Waals surface area contributed by atoms with E-state index in [0.29, 0.717) is 6.42 Å². The molecule has 1 heterocycles. The Morgan fingerprint density at radius 3 is 2.36 bits per heavy atom. The Kier molecular flexibility index (Phi) is 5.50. The lowest BCUT2D eigenvalue weighted by molar-refractivity contribution is -0.258. The molecule has 10 heteroatoms. The highest BCUT2D eigenvalue weighted by Gasteiger charge is 2.44. The molecule has 4 nitrogen and oxygen atoms in total. The number of nitrogens with zero attached hydrogens (tertiary/aromatic N) is 1. The van der Waals surface area contributed by atoms with Crippen molar-refractivity contribution in [3.63, 3.8) is 0 Å². The Morgan fingerprint density at radius 2 is 1.84 bits per heavy atom. The molecule has 0 spiro atoms. The summed E-state index contributed by atoms with van der Waals surface area (Å²) in [5.74, 6) is -2.37. The van der Waals surface area contributed by atoms with E-state index in [4.69, 9.17) is 4.74 Å². The van der Waals surface area contributed by atoms with Gasteiger partial charge in [0, 0.05) is 13.1 Å². The average Bonchev–Trinajstić information content (AvgIpc) is 2.47. The van der Waals surface area contributed by atoms with E-state index in [1.807, 2.05) is 0 Å². The van der Waals surface area contributed by atoms with Gasteiger partial charge in [-0.25, -0.2) is 4.79 Å². The first-order valence-electron chi connectivity index (χ1n) is 7.29. The van der Waals surface area contributed by atoms with Crippen molar-refractivity contribution in [1.82, 2.24) is 5.06 Å². The molecule has 0 atom stereocenters. The number of benzene rings is 1. The molecule has 0 radical (unpaired) electrons. The van der Waals surface area contributed by atoms with Gasteiger partial charge in [-0.1, -0.05) is 6.07 Å². The second-order valence-electron chi connectivity index (χ2n) is 5.65. The first kappa shape index (κ1) is 19.4. The van der Waals surface area contributed by atoms with Crippen LogP contribution in [0.2, 0.25) is 0 Å². The van der Waals surface area contributed by atoms with Crippen LogP contribution in [-0.2, 0) is 22.2 Å². The molecule has 0 bridgehead atoms. The van der Waals surface area contributed by atoms with E-state index in [-0.39, 0.29) is 36.7 Å². The van der Waals surface area contributed by atoms with Gasteiger partial charge in [-0.05, 0) is 36.5 Å². The predicted octanol–water partition coefficient (Wildman–Crippen LogP) is 3.60. The van der Waals surface area contributed by atoms with Gasteiger partial charge in [0.05, 0.1) is 12.7 Å². The van der Waals surface area contributed by atoms with E-state index in [0.717, 1.165) is 11.1 Å². The summed E-state index contributed by atoms with van der Waals surface area (Å²) in [5, 5.41) is 0.846. The molecule has 1 aromatic carbocycles. The third kappa shape index (κ3) is 5.00. The fourth-order valence-electron chi connectivity index (χ4n) is 2.47. The van der Waals surface area contributed by atoms with Crippen molar-refractivity contribution in [3.05, 3.63) is 29.3 Å². The minimum Gasteiger partial charge on any atom is -0.497 e. The van der Waals surface area contributed by atoms with Crippen LogP contribution in [0.3, 0.4) is 0 Å². The van der Waals surface area contributed by atoms with Gasteiger partial charge in [-0.15, -0.1) is 5.06 Å². The van der Waals surface area contributed by atoms with Gasteiger partial charge in [-0.3, -0.25) is 0 Å². The standard InChI is InChI=1S/C15H15F6NO3/c1-24-11-5-4-10(12(6-11)14(16,17)18)3-2-9-7-22(8-9)25-13(23)15(19,20)21/h4-6,9H,2-3,7-8H2,1H3. The normalized spacial score (nSPS) is 16.4. The minimum absolute atomic E-state index is 0.0549. The molecular formula is C15H15F6NO3. The Morgan fingerprint density at radius 1 is 1.20 bits per heavy atom. The third-order valence-electron chi connectivity index (χ3n) is 3.81. The zero-order valence-corrected chi connectivity index (χ0v) is 13.1. The number of ether oxygens (including phenoxy) is 1. The van der Waals surface area contributed by atoms with Gasteiger partial charge < -0.3 is 9.57 Å². The molecular weight excluding hydrogens is 356 g/mol. The molecule has 0 N–H and O–H groups in total. The fourth-order valence-corrected chi connectivity index (χ4v) is 2.47. The van der Waals surface area contributed by atoms with E-state index in [1.165, 1.54) is 19.2 Å². The summed E-state index contributed by atoms with van der Waals surface area (Å²) < 4.78 is 80.1. The van der Waals surface area contributed by atoms with Gasteiger partial charge in [-0.2, -0.15) is 26.3 Å². The quantitative estimate of drug-likeness (QED) is 0.742. The molecule has 1 aliphatic heterocycles. The lowest BCUT2D eigenvalue weighted by Gasteiger charge is -2.37. The van der Waals surface area contributed by atoms with Gasteiger partial charge in [0.2, 0.25) is 0 Å². The van der Waals surface area contributed by atoms with Crippen LogP contribution < -0.4 is 4.74 Å². The van der Waals surface area contributed by atoms with Crippen LogP contribution in [0, 0.1) is 5.92 Å². The second kappa shape index (κ2) is 7.11. The smallest absolute Gasteiger partial charge is 0.492 e. The molecule has 1 aromatic rings. The van der Waals surface area contributed by atoms with Gasteiger partial charge >= 0.3 is 18.3 Å². The predicted molar refractivity (Wildman–Crippen MR) is 73.5 cm³/mol. The number of carbonyl (C=O) groups excluding carboxylic acids is 1. The number of hydrogen-bond acceptors (Lipinski definition) is 4. The van der Waals surface area contributed by atoms with Crippen molar-refractivity contribution in [3.8, 4) is 5.75 Å². The maximum Gasteiger partial charge on any atom is 0.492 e. The molecule has 1 saturated heterocycles. The molecule has 0 unspecified atom stereocenters. The topological polar surface area (TPSA) is 38.8 Å². The van der Waals surface area contributed by atoms with Gasteiger partial charge in [0.15, 0.2) is 0 Å². The molecule has 1 fully saturated rings. The molecule has 0 amide bonds. The lowest BCUT2D eigenvalue weighted by atomic mass is 9.92. The maximum atomic E-state index is 13.1. The van der Waals surface area contributed by atoms with Crippen molar-refractivity contribution in [2.45, 2.75) is 25.2 Å². The average molecular weight is 371 g/mol. The highest BCUT2D eigenvalue weighted by Crippen LogP contribution is 2.35. The molecule has 0 aromatic heterocycles. The largest absolute Gasteiger partial charge is 0.497 e. The Hall–Kier alpha value is -1.97. The van der Waals surface area contributed by atoms with Crippen molar-refractivity contribution in [2.24, 2.45) is 5.92 Å². The number of halogens is 6. The van der Waals surface area contributed by atoms with Crippen LogP contribution in [0.4, 0.5) is 26.3 Å². The highest BCUT2D eigenvalue weighted by molar-refractivity contribution is 5.75. The summed E-state index contributed by atoms with van der Waals surface area (Å²) in [7, 11) is 1.26. The van der Waals surface area contributed by atoms with Crippen molar-refractivity contribution < 1.29 is 40.7 Å². The monoisotopic (exact) mass is 371 g/mol. The number of alkyl halides is 6. The first-order valence-corrected chi connectivity index (χ1v) is 7.29. The van der Waals surface area contributed by atoms with Crippen molar-refractivity contribution in [2.75, 3.05) is 20.2 Å². The maximum absolute atomic E-state index is 13.1. The summed E-state index contributed by atoms with van der Waals surface area (Å²) in [6, 6.07) is 3.65. The van der Waals surface area contributed by atoms with Crippen LogP contribution in [0.25, 0.3) is 0 Å². The number of methoxy groups -OCH3 is 1. The number of aryl methyl sites for hydroxylation is 1. The second-order valence-corrected chi connectivity index (χ2v) is 5.65. The zero-order chi connectivity index (χ0) is 18.8. The van der Waals surface area contributed by atoms with Crippen molar-refractivity contribution >= 4 is 5.97 Å². The Labute approximate surface area is 139 Å². The number of hydroxylamine groups is 2. The van der Waals surface area contributed by atoms with E-state index in [2.05, 4.69) is 4.84 Å². The molecule has 1 aliphatic rings. The summed E-state index contributed by atoms with van der Waals surface area (Å²) in [4.78, 5) is 14.8. The summed E-state index contributed by atoms with van der Waals surface area (Å²) >= 11 is 0. The number of hydrogen-bond donors (Lipinski definition) is 0. The first-order chi connectivity index (χ1) is 11.5. The van der Waals surface area contributed by atoms with Crippen LogP contribution >= 0.6 is 0 Å². The van der Waals surface area contributed by atoms with Crippen LogP contribution in [0.5, 0.6) is 5.75 Å². The van der Waals surface area contributed by atoms with Gasteiger partial charge in [0.25, 0.3) is 0 Å². The zero-order valence-electron chi connectivity index (χ0n) is 13.1. The van der Waals surface area contributed by atoms with Gasteiger partial charge in [0.1, 0.15) is 5.75 Å². The molecule has 140 valence electrons. The molecule has 0 aliphatic carbocycles. The summed E-state index contributed by atoms with van der Waals surface area (Å²) in [6.45, 7) is 0.110. The van der Waals surface area contributed by atoms with E-state index >= 15 is 0 Å². The third-order valence-corrected chi connectivity index (χ3v) is 3.81. The number of rotatable bonds is 5. The fraction of sp³-hybridized carbons (Fsp3) is 0.533. The summed E-state index contributed by atoms with van der Waals surface area (Å²) in [5.41, 5.74) is -0.717. The van der Waals surface area contributed by atoms with Crippen molar-refractivity contribution in [1.29, 1.82) is 0 Å².